The summed E-state index contributed by atoms with van der Waals surface area (Å²) in [4.78, 5) is 2.44. The van der Waals surface area contributed by atoms with Crippen LogP contribution >= 0.6 is 0 Å². The van der Waals surface area contributed by atoms with Crippen LogP contribution in [0, 0.1) is 6.92 Å². The van der Waals surface area contributed by atoms with E-state index in [0.717, 1.165) is 66.9 Å². The lowest BCUT2D eigenvalue weighted by molar-refractivity contribution is 0.670. The van der Waals surface area contributed by atoms with Gasteiger partial charge in [0.2, 0.25) is 0 Å². The molecule has 2 aromatic heterocycles. The molecule has 3 nitrogen and oxygen atoms in total. The van der Waals surface area contributed by atoms with Gasteiger partial charge in [0.1, 0.15) is 11.2 Å². The highest BCUT2D eigenvalue weighted by Gasteiger charge is 2.26. The monoisotopic (exact) mass is 742 g/mol. The van der Waals surface area contributed by atoms with Crippen molar-refractivity contribution < 1.29 is 4.42 Å². The summed E-state index contributed by atoms with van der Waals surface area (Å²) in [6.45, 7) is 2.20. The Morgan fingerprint density at radius 1 is 0.397 bits per heavy atom. The summed E-state index contributed by atoms with van der Waals surface area (Å²) in [7, 11) is 0. The van der Waals surface area contributed by atoms with Gasteiger partial charge in [-0.25, -0.2) is 0 Å². The molecule has 3 heteroatoms. The van der Waals surface area contributed by atoms with Crippen LogP contribution in [0.5, 0.6) is 0 Å². The van der Waals surface area contributed by atoms with Crippen LogP contribution in [0.3, 0.4) is 0 Å². The quantitative estimate of drug-likeness (QED) is 0.162. The van der Waals surface area contributed by atoms with Crippen molar-refractivity contribution >= 4 is 60.8 Å². The Morgan fingerprint density at radius 2 is 0.983 bits per heavy atom. The van der Waals surface area contributed by atoms with Crippen molar-refractivity contribution in [3.8, 4) is 39.1 Å². The molecule has 11 rings (SSSR count). The molecule has 0 radical (unpaired) electrons. The van der Waals surface area contributed by atoms with E-state index in [1.165, 1.54) is 38.5 Å². The van der Waals surface area contributed by atoms with Crippen molar-refractivity contribution in [3.05, 3.63) is 218 Å². The Kier molecular flexibility index (Phi) is 8.04. The largest absolute Gasteiger partial charge is 0.455 e. The second kappa shape index (κ2) is 13.8. The van der Waals surface area contributed by atoms with Gasteiger partial charge in [0, 0.05) is 38.5 Å². The Hall–Kier alpha value is -7.62. The van der Waals surface area contributed by atoms with Crippen molar-refractivity contribution in [3.63, 3.8) is 0 Å². The molecule has 0 aliphatic rings. The van der Waals surface area contributed by atoms with Crippen molar-refractivity contribution in [2.75, 3.05) is 4.90 Å². The number of furan rings is 1. The molecule has 0 amide bonds. The van der Waals surface area contributed by atoms with Gasteiger partial charge in [-0.3, -0.25) is 0 Å². The number of para-hydroxylation sites is 5. The second-order valence-corrected chi connectivity index (χ2v) is 14.9. The van der Waals surface area contributed by atoms with Crippen LogP contribution in [0.15, 0.2) is 217 Å². The minimum Gasteiger partial charge on any atom is -0.455 e. The van der Waals surface area contributed by atoms with Gasteiger partial charge in [-0.2, -0.15) is 0 Å². The number of hydrogen-bond donors (Lipinski definition) is 0. The first-order valence-electron chi connectivity index (χ1n) is 19.9. The van der Waals surface area contributed by atoms with Crippen LogP contribution < -0.4 is 4.90 Å². The van der Waals surface area contributed by atoms with Crippen LogP contribution in [0.1, 0.15) is 5.56 Å². The van der Waals surface area contributed by atoms with Gasteiger partial charge in [-0.15, -0.1) is 0 Å². The smallest absolute Gasteiger partial charge is 0.145 e. The van der Waals surface area contributed by atoms with E-state index in [-0.39, 0.29) is 0 Å². The molecular weight excluding hydrogens is 705 g/mol. The number of aryl methyl sites for hydroxylation is 1. The second-order valence-electron chi connectivity index (χ2n) is 14.9. The molecule has 0 atom stereocenters. The zero-order valence-electron chi connectivity index (χ0n) is 32.0. The molecule has 58 heavy (non-hydrogen) atoms. The molecule has 9 aromatic carbocycles. The summed E-state index contributed by atoms with van der Waals surface area (Å²) >= 11 is 0. The zero-order chi connectivity index (χ0) is 38.6. The van der Waals surface area contributed by atoms with E-state index in [2.05, 4.69) is 229 Å². The first kappa shape index (κ1) is 33.7. The SMILES string of the molecule is Cc1ccccc1N(c1ccc(-c2ccccc2)cc1-c1ccccc1)c1ccc(-c2ccccc2-n2c3ccccc3c3ccccc32)c2oc3ccccc3c12. The van der Waals surface area contributed by atoms with E-state index in [0.29, 0.717) is 0 Å². The van der Waals surface area contributed by atoms with E-state index in [1.54, 1.807) is 0 Å². The third-order valence-corrected chi connectivity index (χ3v) is 11.5. The summed E-state index contributed by atoms with van der Waals surface area (Å²) in [5, 5.41) is 4.61. The lowest BCUT2D eigenvalue weighted by Gasteiger charge is -2.30. The summed E-state index contributed by atoms with van der Waals surface area (Å²) in [5.74, 6) is 0. The highest BCUT2D eigenvalue weighted by Crippen LogP contribution is 2.50. The average molecular weight is 743 g/mol. The van der Waals surface area contributed by atoms with Gasteiger partial charge in [0.05, 0.1) is 33.5 Å². The minimum atomic E-state index is 0.854. The predicted octanol–water partition coefficient (Wildman–Crippen LogP) is 15.5. The first-order chi connectivity index (χ1) is 28.7. The first-order valence-corrected chi connectivity index (χ1v) is 19.9. The third kappa shape index (κ3) is 5.43. The lowest BCUT2D eigenvalue weighted by atomic mass is 9.94. The number of rotatable bonds is 7. The van der Waals surface area contributed by atoms with Crippen LogP contribution in [-0.2, 0) is 0 Å². The molecule has 0 aliphatic carbocycles. The lowest BCUT2D eigenvalue weighted by Crippen LogP contribution is -2.13. The summed E-state index contributed by atoms with van der Waals surface area (Å²) in [5.41, 5.74) is 16.4. The number of hydrogen-bond acceptors (Lipinski definition) is 2. The molecule has 0 fully saturated rings. The molecule has 0 spiro atoms. The molecule has 0 aliphatic heterocycles. The van der Waals surface area contributed by atoms with Crippen LogP contribution in [0.2, 0.25) is 0 Å². The van der Waals surface area contributed by atoms with Gasteiger partial charge < -0.3 is 13.9 Å². The number of benzene rings is 9. The topological polar surface area (TPSA) is 21.3 Å². The number of nitrogens with zero attached hydrogens (tertiary/aromatic N) is 2. The summed E-state index contributed by atoms with van der Waals surface area (Å²) < 4.78 is 9.44. The zero-order valence-corrected chi connectivity index (χ0v) is 32.0. The number of anilines is 3. The van der Waals surface area contributed by atoms with E-state index in [1.807, 2.05) is 0 Å². The highest BCUT2D eigenvalue weighted by molar-refractivity contribution is 6.18. The Labute approximate surface area is 337 Å². The highest BCUT2D eigenvalue weighted by atomic mass is 16.3. The minimum absolute atomic E-state index is 0.854. The fourth-order valence-corrected chi connectivity index (χ4v) is 8.88. The van der Waals surface area contributed by atoms with Crippen molar-refractivity contribution in [2.45, 2.75) is 6.92 Å². The standard InChI is InChI=1S/C55H38N2O/c1-37-18-8-13-27-47(37)56(51-34-32-40(38-19-4-2-5-20-38)36-46(51)39-21-6-3-7-22-39)52-35-33-44(55-54(52)45-26-12-17-31-53(45)58-55)43-25-11-16-30-50(43)57-48-28-14-9-23-41(48)42-24-10-15-29-49(42)57/h2-36H,1H3. The van der Waals surface area contributed by atoms with E-state index in [9.17, 15) is 0 Å². The fourth-order valence-electron chi connectivity index (χ4n) is 8.88. The van der Waals surface area contributed by atoms with Crippen LogP contribution in [-0.4, -0.2) is 4.57 Å². The maximum atomic E-state index is 7.03. The molecule has 0 saturated heterocycles. The van der Waals surface area contributed by atoms with Gasteiger partial charge in [0.25, 0.3) is 0 Å². The molecule has 274 valence electrons. The van der Waals surface area contributed by atoms with E-state index < -0.39 is 0 Å². The van der Waals surface area contributed by atoms with Gasteiger partial charge >= 0.3 is 0 Å². The van der Waals surface area contributed by atoms with Crippen LogP contribution in [0.25, 0.3) is 82.8 Å². The van der Waals surface area contributed by atoms with Gasteiger partial charge in [0.15, 0.2) is 0 Å². The number of aromatic nitrogens is 1. The van der Waals surface area contributed by atoms with E-state index in [4.69, 9.17) is 4.42 Å². The average Bonchev–Trinajstić information content (AvgIpc) is 3.85. The van der Waals surface area contributed by atoms with Crippen molar-refractivity contribution in [2.24, 2.45) is 0 Å². The molecule has 0 unspecified atom stereocenters. The molecule has 0 saturated carbocycles. The molecule has 2 heterocycles. The Morgan fingerprint density at radius 3 is 1.72 bits per heavy atom. The molecular formula is C55H38N2O. The maximum Gasteiger partial charge on any atom is 0.145 e. The predicted molar refractivity (Wildman–Crippen MR) is 244 cm³/mol. The van der Waals surface area contributed by atoms with Gasteiger partial charge in [-0.05, 0) is 83.8 Å². The summed E-state index contributed by atoms with van der Waals surface area (Å²) in [6, 6.07) is 76.1. The Balaban J connectivity index is 1.21. The van der Waals surface area contributed by atoms with Crippen LogP contribution in [0.4, 0.5) is 17.1 Å². The van der Waals surface area contributed by atoms with Gasteiger partial charge in [-0.1, -0.05) is 158 Å². The molecule has 0 bridgehead atoms. The third-order valence-electron chi connectivity index (χ3n) is 11.5. The van der Waals surface area contributed by atoms with Crippen molar-refractivity contribution in [1.29, 1.82) is 0 Å². The number of fused-ring (bicyclic) bond motifs is 6. The molecule has 0 N–H and O–H groups in total. The maximum absolute atomic E-state index is 7.03. The van der Waals surface area contributed by atoms with Crippen molar-refractivity contribution in [1.82, 2.24) is 4.57 Å². The summed E-state index contributed by atoms with van der Waals surface area (Å²) in [6.07, 6.45) is 0. The molecule has 11 aromatic rings. The van der Waals surface area contributed by atoms with E-state index >= 15 is 0 Å². The Bertz CT molecular complexity index is 3250. The fraction of sp³-hybridized carbons (Fsp3) is 0.0182. The normalized spacial score (nSPS) is 11.5.